The van der Waals surface area contributed by atoms with Crippen molar-refractivity contribution in [3.63, 3.8) is 0 Å². The minimum Gasteiger partial charge on any atom is -0.778 e. The van der Waals surface area contributed by atoms with E-state index in [9.17, 15) is 75.6 Å². The Morgan fingerprint density at radius 2 is 1.33 bits per heavy atom. The van der Waals surface area contributed by atoms with Gasteiger partial charge in [-0.3, -0.25) is 42.1 Å². The number of aromatic nitrogens is 12. The van der Waals surface area contributed by atoms with E-state index in [1.54, 1.807) is 0 Å². The molecule has 46 heteroatoms. The largest absolute Gasteiger partial charge is 0.778 e. The molecule has 0 amide bonds. The Balaban J connectivity index is 0.897. The van der Waals surface area contributed by atoms with Crippen molar-refractivity contribution in [2.24, 2.45) is 13.0 Å². The lowest BCUT2D eigenvalue weighted by molar-refractivity contribution is -0.646. The van der Waals surface area contributed by atoms with Crippen LogP contribution in [0.25, 0.3) is 33.5 Å². The number of aromatic amines is 2. The summed E-state index contributed by atoms with van der Waals surface area (Å²) in [5, 5.41) is 33.5. The maximum atomic E-state index is 14.4. The van der Waals surface area contributed by atoms with Crippen LogP contribution in [0.5, 0.6) is 0 Å². The highest BCUT2D eigenvalue weighted by molar-refractivity contribution is 7.89. The van der Waals surface area contributed by atoms with Gasteiger partial charge in [-0.2, -0.15) is 23.2 Å². The Morgan fingerprint density at radius 1 is 0.756 bits per heavy atom. The second-order valence-corrected chi connectivity index (χ2v) is 26.8. The first-order valence-corrected chi connectivity index (χ1v) is 31.3. The van der Waals surface area contributed by atoms with Crippen molar-refractivity contribution in [2.45, 2.75) is 73.5 Å². The van der Waals surface area contributed by atoms with Gasteiger partial charge in [0, 0.05) is 19.6 Å². The molecule has 0 saturated carbocycles. The van der Waals surface area contributed by atoms with E-state index in [1.807, 2.05) is 0 Å². The van der Waals surface area contributed by atoms with E-state index in [2.05, 4.69) is 53.2 Å². The van der Waals surface area contributed by atoms with E-state index in [1.165, 1.54) is 17.9 Å². The number of imidazole rings is 3. The monoisotopic (exact) mass is 1270 g/mol. The van der Waals surface area contributed by atoms with Gasteiger partial charge in [0.1, 0.15) is 50.0 Å². The topological polar surface area (TPSA) is 582 Å². The molecule has 40 nitrogen and oxygen atoms in total. The molecule has 0 aliphatic carbocycles. The van der Waals surface area contributed by atoms with Gasteiger partial charge in [0.2, 0.25) is 34.5 Å². The van der Waals surface area contributed by atoms with E-state index in [-0.39, 0.29) is 51.2 Å². The summed E-state index contributed by atoms with van der Waals surface area (Å²) in [6, 6.07) is 0. The highest BCUT2D eigenvalue weighted by Crippen LogP contribution is 2.68. The van der Waals surface area contributed by atoms with Gasteiger partial charge >= 0.3 is 29.0 Å². The standard InChI is InChI=1S/C36H51FN16O24P4S/c1-50-13-53(29-20(50)31(58)49-36(40)47-29)32-21(54)14(6-45-82(67,68)5-3-4-37)15(73-32)7-71-79(61,62)76-81(65,66)77-80(63,64)72-9-17-25(24(69-2)34(75-17)51-11-43-18-26(38)41-10-42-27(18)51)78(59,60)70-8-16-22(55)23(56)33(74-16)52-12-44-19-28(52)46-35(39)48-30(19)57/h10-17,21-25,32-34,45,54-56H,3-9H2,1-2H3,(H11-,38,39,40,41,42,46,47,48,49,57,58,59,60,61,62,63,64,65,66)/t14-,15-,16-,17-,21-,22-,23-,24-,25-,32-,33-,34-/m1/s1. The van der Waals surface area contributed by atoms with Crippen LogP contribution in [0.3, 0.4) is 0 Å². The number of fused-ring (bicyclic) bond motifs is 3. The number of hydrogen-bond donors (Lipinski definition) is 12. The van der Waals surface area contributed by atoms with Gasteiger partial charge < -0.3 is 80.1 Å². The molecule has 82 heavy (non-hydrogen) atoms. The Hall–Kier alpha value is -5.23. The normalized spacial score (nSPS) is 29.1. The third-order valence-corrected chi connectivity index (χ3v) is 20.5. The number of aliphatic hydroxyl groups is 3. The van der Waals surface area contributed by atoms with Gasteiger partial charge in [-0.15, -0.1) is 0 Å². The Labute approximate surface area is 456 Å². The number of anilines is 3. The maximum Gasteiger partial charge on any atom is 0.490 e. The molecule has 4 unspecified atom stereocenters. The van der Waals surface area contributed by atoms with Crippen molar-refractivity contribution in [1.82, 2.24) is 58.3 Å². The van der Waals surface area contributed by atoms with E-state index in [0.29, 0.717) is 0 Å². The predicted molar refractivity (Wildman–Crippen MR) is 266 cm³/mol. The van der Waals surface area contributed by atoms with Crippen molar-refractivity contribution in [3.05, 3.63) is 46.0 Å². The molecule has 9 heterocycles. The molecule has 0 bridgehead atoms. The molecule has 16 atom stereocenters. The molecule has 3 aliphatic heterocycles. The molecule has 0 spiro atoms. The van der Waals surface area contributed by atoms with Gasteiger partial charge in [-0.25, -0.2) is 51.3 Å². The molecular weight excluding hydrogens is 1220 g/mol. The number of halogens is 1. The molecule has 9 rings (SSSR count). The van der Waals surface area contributed by atoms with Crippen LogP contribution < -0.4 is 42.5 Å². The number of aryl methyl sites for hydroxylation is 1. The van der Waals surface area contributed by atoms with Crippen LogP contribution in [-0.4, -0.2) is 186 Å². The number of methoxy groups -OCH3 is 1. The van der Waals surface area contributed by atoms with Crippen LogP contribution in [0.2, 0.25) is 0 Å². The molecule has 0 aromatic carbocycles. The zero-order valence-electron chi connectivity index (χ0n) is 42.0. The first kappa shape index (κ1) is 61.3. The van der Waals surface area contributed by atoms with Crippen molar-refractivity contribution in [1.29, 1.82) is 0 Å². The number of hydrogen-bond acceptors (Lipinski definition) is 30. The number of ether oxygens (including phenoxy) is 4. The lowest BCUT2D eigenvalue weighted by Crippen LogP contribution is -2.40. The van der Waals surface area contributed by atoms with E-state index in [0.717, 1.165) is 39.8 Å². The van der Waals surface area contributed by atoms with Crippen LogP contribution >= 0.6 is 31.1 Å². The first-order valence-electron chi connectivity index (χ1n) is 23.6. The minimum absolute atomic E-state index is 0.00168. The summed E-state index contributed by atoms with van der Waals surface area (Å²) in [6.07, 6.45) is -13.3. The SMILES string of the molecule is CO[C@@H]1[C@H](P(=O)([O-])OC[C@H]2O[C@@H](n3cnc4c(=O)[nH]c(N)nc43)[C@H](O)[C@@H]2O)[C@@H](COP(=O)(O)OP(=O)(O)OP(=O)(O)OC[C@H]2O[C@@H](n3c[n+](C)c4c(=O)[nH]c(N)nc43)[C@H](O)[C@@H]2CNS(=O)(=O)CCCF)O[C@H]1n1cnc2c(N)ncnc21. The smallest absolute Gasteiger partial charge is 0.490 e. The number of phosphoric acid groups is 3. The molecule has 452 valence electrons. The average Bonchev–Trinajstić information content (AvgIpc) is 4.39. The van der Waals surface area contributed by atoms with Crippen molar-refractivity contribution in [3.8, 4) is 0 Å². The molecule has 6 aromatic heterocycles. The minimum atomic E-state index is -6.34. The third-order valence-electron chi connectivity index (χ3n) is 13.0. The van der Waals surface area contributed by atoms with Crippen molar-refractivity contribution < 1.29 is 112 Å². The summed E-state index contributed by atoms with van der Waals surface area (Å²) in [6.45, 7) is -5.33. The van der Waals surface area contributed by atoms with Crippen molar-refractivity contribution in [2.75, 3.05) is 63.1 Å². The number of nitrogens with two attached hydrogens (primary N) is 3. The Bertz CT molecular complexity index is 3820. The number of alkyl halides is 1. The molecule has 0 radical (unpaired) electrons. The fourth-order valence-corrected chi connectivity index (χ4v) is 15.7. The zero-order valence-corrected chi connectivity index (χ0v) is 46.4. The van der Waals surface area contributed by atoms with Gasteiger partial charge in [0.25, 0.3) is 16.7 Å². The summed E-state index contributed by atoms with van der Waals surface area (Å²) >= 11 is 0. The van der Waals surface area contributed by atoms with Gasteiger partial charge in [0.15, 0.2) is 35.1 Å². The first-order chi connectivity index (χ1) is 38.4. The summed E-state index contributed by atoms with van der Waals surface area (Å²) in [4.78, 5) is 99.9. The van der Waals surface area contributed by atoms with Crippen LogP contribution in [-0.2, 0) is 76.5 Å². The Morgan fingerprint density at radius 3 is 1.99 bits per heavy atom. The van der Waals surface area contributed by atoms with Gasteiger partial charge in [-0.1, -0.05) is 0 Å². The Kier molecular flexibility index (Phi) is 17.4. The van der Waals surface area contributed by atoms with E-state index < -0.39 is 170 Å². The molecule has 6 aromatic rings. The highest BCUT2D eigenvalue weighted by Gasteiger charge is 2.55. The number of nitrogens with one attached hydrogen (secondary N) is 3. The second kappa shape index (κ2) is 23.3. The molecule has 15 N–H and O–H groups in total. The maximum absolute atomic E-state index is 14.4. The lowest BCUT2D eigenvalue weighted by atomic mass is 9.98. The van der Waals surface area contributed by atoms with Crippen LogP contribution in [0.4, 0.5) is 22.1 Å². The zero-order chi connectivity index (χ0) is 59.6. The van der Waals surface area contributed by atoms with Gasteiger partial charge in [0.05, 0.1) is 69.8 Å². The fourth-order valence-electron chi connectivity index (χ4n) is 9.35. The summed E-state index contributed by atoms with van der Waals surface area (Å²) in [7, 11) is -25.8. The second-order valence-electron chi connectivity index (χ2n) is 18.3. The number of H-pyrrole nitrogens is 2. The highest BCUT2D eigenvalue weighted by atomic mass is 32.2. The molecule has 3 aliphatic rings. The number of nitrogens with zero attached hydrogens (tertiary/aromatic N) is 10. The average molecular weight is 1270 g/mol. The number of nitrogen functional groups attached to an aromatic ring is 3. The predicted octanol–water partition coefficient (Wildman–Crippen LogP) is -4.74. The quantitative estimate of drug-likeness (QED) is 0.0200. The number of rotatable bonds is 24. The number of aliphatic hydroxyl groups excluding tert-OH is 3. The van der Waals surface area contributed by atoms with Gasteiger partial charge in [-0.05, 0) is 6.42 Å². The molecule has 3 saturated heterocycles. The van der Waals surface area contributed by atoms with E-state index in [4.69, 9.17) is 49.7 Å². The summed E-state index contributed by atoms with van der Waals surface area (Å²) < 4.78 is 146. The van der Waals surface area contributed by atoms with Crippen LogP contribution in [0.1, 0.15) is 25.1 Å². The molecular formula is C36H51FN16O24P4S. The lowest BCUT2D eigenvalue weighted by Gasteiger charge is -2.35. The van der Waals surface area contributed by atoms with Crippen molar-refractivity contribution >= 4 is 92.3 Å². The number of sulfonamides is 1. The fraction of sp³-hybridized carbons (Fsp3) is 0.583. The summed E-state index contributed by atoms with van der Waals surface area (Å²) in [5.74, 6) is -2.96. The van der Waals surface area contributed by atoms with Crippen LogP contribution in [0.15, 0.2) is 34.9 Å². The molecule has 3 fully saturated rings. The van der Waals surface area contributed by atoms with E-state index >= 15 is 0 Å². The number of phosphoric ester groups is 2. The van der Waals surface area contributed by atoms with Crippen LogP contribution in [0, 0.1) is 5.92 Å². The summed E-state index contributed by atoms with van der Waals surface area (Å²) in [5.41, 5.74) is 13.1. The third kappa shape index (κ3) is 12.6.